The maximum atomic E-state index is 12.6. The zero-order chi connectivity index (χ0) is 18.7. The lowest BCUT2D eigenvalue weighted by molar-refractivity contribution is 0.0992. The number of aryl methyl sites for hydroxylation is 1. The Morgan fingerprint density at radius 2 is 1.96 bits per heavy atom. The molecule has 0 radical (unpaired) electrons. The Bertz CT molecular complexity index is 791. The minimum Gasteiger partial charge on any atom is -0.312 e. The van der Waals surface area contributed by atoms with Gasteiger partial charge in [-0.2, -0.15) is 0 Å². The second-order valence-electron chi connectivity index (χ2n) is 7.06. The monoisotopic (exact) mass is 372 g/mol. The number of benzene rings is 1. The lowest BCUT2D eigenvalue weighted by Gasteiger charge is -2.32. The molecule has 26 heavy (non-hydrogen) atoms. The van der Waals surface area contributed by atoms with Gasteiger partial charge in [0.2, 0.25) is 0 Å². The van der Waals surface area contributed by atoms with E-state index in [9.17, 15) is 4.79 Å². The first-order valence-electron chi connectivity index (χ1n) is 8.98. The third kappa shape index (κ3) is 4.67. The van der Waals surface area contributed by atoms with Crippen LogP contribution in [0.4, 0.5) is 0 Å². The predicted octanol–water partition coefficient (Wildman–Crippen LogP) is 2.97. The Kier molecular flexibility index (Phi) is 6.01. The number of carbonyl (C=O) groups is 1. The van der Waals surface area contributed by atoms with Crippen molar-refractivity contribution in [2.75, 3.05) is 19.6 Å². The van der Waals surface area contributed by atoms with Crippen molar-refractivity contribution in [1.82, 2.24) is 20.2 Å². The molecule has 3 rings (SSSR count). The largest absolute Gasteiger partial charge is 0.312 e. The fraction of sp³-hybridized carbons (Fsp3) is 0.450. The van der Waals surface area contributed by atoms with Gasteiger partial charge in [-0.1, -0.05) is 11.6 Å². The topological polar surface area (TPSA) is 58.1 Å². The number of hydrogen-bond acceptors (Lipinski definition) is 5. The van der Waals surface area contributed by atoms with Crippen LogP contribution < -0.4 is 5.32 Å². The maximum absolute atomic E-state index is 12.6. The highest BCUT2D eigenvalue weighted by atomic mass is 35.5. The highest BCUT2D eigenvalue weighted by molar-refractivity contribution is 6.30. The minimum absolute atomic E-state index is 0.0112. The van der Waals surface area contributed by atoms with Gasteiger partial charge in [0, 0.05) is 56.1 Å². The molecule has 138 valence electrons. The molecule has 1 saturated heterocycles. The number of Topliss-reactive ketones (excluding diaryl/α,β-unsaturated/α-hetero) is 1. The molecule has 1 atom stereocenters. The summed E-state index contributed by atoms with van der Waals surface area (Å²) >= 11 is 6.35. The van der Waals surface area contributed by atoms with Gasteiger partial charge in [-0.15, -0.1) is 0 Å². The summed E-state index contributed by atoms with van der Waals surface area (Å²) in [4.78, 5) is 23.2. The van der Waals surface area contributed by atoms with Gasteiger partial charge < -0.3 is 5.32 Å². The number of aromatic nitrogens is 2. The number of rotatable bonds is 5. The second kappa shape index (κ2) is 8.25. The van der Waals surface area contributed by atoms with E-state index in [1.54, 1.807) is 19.3 Å². The standard InChI is InChI=1S/C20H25ClN4O/c1-13-11-25(5-4-22-13)12-17-7-19(21)6-16(14(17)2)8-20(26)18-9-23-15(3)24-10-18/h6-7,9-10,13,22H,4-5,8,11-12H2,1-3H3/t13-/m0/s1. The normalized spacial score (nSPS) is 18.1. The van der Waals surface area contributed by atoms with Crippen LogP contribution in [-0.2, 0) is 13.0 Å². The Morgan fingerprint density at radius 1 is 1.27 bits per heavy atom. The third-order valence-electron chi connectivity index (χ3n) is 4.89. The molecule has 2 heterocycles. The predicted molar refractivity (Wildman–Crippen MR) is 104 cm³/mol. The van der Waals surface area contributed by atoms with E-state index >= 15 is 0 Å². The molecule has 0 unspecified atom stereocenters. The van der Waals surface area contributed by atoms with Crippen molar-refractivity contribution in [1.29, 1.82) is 0 Å². The van der Waals surface area contributed by atoms with Crippen LogP contribution in [0.3, 0.4) is 0 Å². The molecule has 1 aromatic heterocycles. The Labute approximate surface area is 159 Å². The van der Waals surface area contributed by atoms with Gasteiger partial charge in [0.25, 0.3) is 0 Å². The first kappa shape index (κ1) is 19.0. The van der Waals surface area contributed by atoms with E-state index < -0.39 is 0 Å². The molecule has 2 aromatic rings. The summed E-state index contributed by atoms with van der Waals surface area (Å²) in [6.45, 7) is 9.97. The van der Waals surface area contributed by atoms with Crippen LogP contribution in [0.2, 0.25) is 5.02 Å². The zero-order valence-electron chi connectivity index (χ0n) is 15.6. The number of piperazine rings is 1. The van der Waals surface area contributed by atoms with Crippen LogP contribution in [0.25, 0.3) is 0 Å². The number of halogens is 1. The molecule has 0 amide bonds. The molecule has 0 aliphatic carbocycles. The zero-order valence-corrected chi connectivity index (χ0v) is 16.3. The maximum Gasteiger partial charge on any atom is 0.170 e. The molecule has 1 fully saturated rings. The van der Waals surface area contributed by atoms with E-state index in [1.807, 2.05) is 12.1 Å². The van der Waals surface area contributed by atoms with Crippen LogP contribution in [0, 0.1) is 13.8 Å². The smallest absolute Gasteiger partial charge is 0.170 e. The van der Waals surface area contributed by atoms with Gasteiger partial charge in [-0.05, 0) is 49.6 Å². The second-order valence-corrected chi connectivity index (χ2v) is 7.49. The number of nitrogens with zero attached hydrogens (tertiary/aromatic N) is 3. The fourth-order valence-electron chi connectivity index (χ4n) is 3.35. The van der Waals surface area contributed by atoms with Crippen molar-refractivity contribution < 1.29 is 4.79 Å². The Balaban J connectivity index is 1.78. The van der Waals surface area contributed by atoms with E-state index in [0.717, 1.165) is 37.3 Å². The summed E-state index contributed by atoms with van der Waals surface area (Å²) < 4.78 is 0. The molecule has 1 aliphatic heterocycles. The summed E-state index contributed by atoms with van der Waals surface area (Å²) in [5, 5.41) is 4.14. The summed E-state index contributed by atoms with van der Waals surface area (Å²) in [6.07, 6.45) is 3.49. The molecule has 6 heteroatoms. The highest BCUT2D eigenvalue weighted by Crippen LogP contribution is 2.24. The van der Waals surface area contributed by atoms with Gasteiger partial charge in [0.15, 0.2) is 5.78 Å². The van der Waals surface area contributed by atoms with Crippen molar-refractivity contribution >= 4 is 17.4 Å². The lowest BCUT2D eigenvalue weighted by atomic mass is 9.96. The van der Waals surface area contributed by atoms with Crippen LogP contribution >= 0.6 is 11.6 Å². The van der Waals surface area contributed by atoms with E-state index in [2.05, 4.69) is 34.0 Å². The summed E-state index contributed by atoms with van der Waals surface area (Å²) in [5.74, 6) is 0.671. The molecule has 0 saturated carbocycles. The molecular formula is C20H25ClN4O. The third-order valence-corrected chi connectivity index (χ3v) is 5.11. The molecule has 1 aliphatic rings. The average Bonchev–Trinajstić information content (AvgIpc) is 2.59. The first-order chi connectivity index (χ1) is 12.4. The molecular weight excluding hydrogens is 348 g/mol. The molecule has 1 aromatic carbocycles. The number of carbonyl (C=O) groups excluding carboxylic acids is 1. The van der Waals surface area contributed by atoms with Crippen LogP contribution in [0.5, 0.6) is 0 Å². The van der Waals surface area contributed by atoms with Crippen molar-refractivity contribution in [2.45, 2.75) is 39.8 Å². The molecule has 0 bridgehead atoms. The van der Waals surface area contributed by atoms with E-state index in [1.165, 1.54) is 5.56 Å². The van der Waals surface area contributed by atoms with Crippen LogP contribution in [0.1, 0.15) is 39.8 Å². The molecule has 0 spiro atoms. The van der Waals surface area contributed by atoms with Gasteiger partial charge in [0.1, 0.15) is 5.82 Å². The summed E-state index contributed by atoms with van der Waals surface area (Å²) in [7, 11) is 0. The lowest BCUT2D eigenvalue weighted by Crippen LogP contribution is -2.48. The van der Waals surface area contributed by atoms with E-state index in [4.69, 9.17) is 11.6 Å². The quantitative estimate of drug-likeness (QED) is 0.818. The summed E-state index contributed by atoms with van der Waals surface area (Å²) in [6, 6.07) is 4.41. The number of ketones is 1. The first-order valence-corrected chi connectivity index (χ1v) is 9.35. The van der Waals surface area contributed by atoms with Gasteiger partial charge in [0.05, 0.1) is 5.56 Å². The molecule has 1 N–H and O–H groups in total. The van der Waals surface area contributed by atoms with Gasteiger partial charge in [-0.3, -0.25) is 9.69 Å². The van der Waals surface area contributed by atoms with Gasteiger partial charge in [-0.25, -0.2) is 9.97 Å². The van der Waals surface area contributed by atoms with E-state index in [0.29, 0.717) is 28.9 Å². The van der Waals surface area contributed by atoms with Gasteiger partial charge >= 0.3 is 0 Å². The number of hydrogen-bond donors (Lipinski definition) is 1. The highest BCUT2D eigenvalue weighted by Gasteiger charge is 2.18. The van der Waals surface area contributed by atoms with Crippen molar-refractivity contribution in [3.63, 3.8) is 0 Å². The average molecular weight is 373 g/mol. The van der Waals surface area contributed by atoms with Crippen molar-refractivity contribution in [3.05, 3.63) is 57.6 Å². The Hall–Kier alpha value is -1.82. The minimum atomic E-state index is 0.0112. The Morgan fingerprint density at radius 3 is 2.65 bits per heavy atom. The van der Waals surface area contributed by atoms with E-state index in [-0.39, 0.29) is 5.78 Å². The van der Waals surface area contributed by atoms with Crippen LogP contribution in [-0.4, -0.2) is 46.3 Å². The van der Waals surface area contributed by atoms with Crippen molar-refractivity contribution in [2.24, 2.45) is 0 Å². The fourth-order valence-corrected chi connectivity index (χ4v) is 3.62. The SMILES string of the molecule is Cc1ncc(C(=O)Cc2cc(Cl)cc(CN3CCN[C@@H](C)C3)c2C)cn1. The molecule has 5 nitrogen and oxygen atoms in total. The van der Waals surface area contributed by atoms with Crippen molar-refractivity contribution in [3.8, 4) is 0 Å². The van der Waals surface area contributed by atoms with Crippen LogP contribution in [0.15, 0.2) is 24.5 Å². The summed E-state index contributed by atoms with van der Waals surface area (Å²) in [5.41, 5.74) is 3.84. The number of nitrogens with one attached hydrogen (secondary N) is 1.